The third-order valence-corrected chi connectivity index (χ3v) is 2.34. The first-order valence-corrected chi connectivity index (χ1v) is 4.90. The number of rotatable bonds is 3. The van der Waals surface area contributed by atoms with Crippen molar-refractivity contribution in [3.8, 4) is 5.75 Å². The molecule has 78 valence electrons. The second kappa shape index (κ2) is 4.47. The largest absolute Gasteiger partial charge is 0.490 e. The Morgan fingerprint density at radius 1 is 1.21 bits per heavy atom. The number of aliphatic hydroxyl groups is 1. The molecule has 0 aliphatic rings. The summed E-state index contributed by atoms with van der Waals surface area (Å²) in [6.45, 7) is 8.19. The van der Waals surface area contributed by atoms with Crippen LogP contribution in [0.1, 0.15) is 23.6 Å². The number of aliphatic hydroxyl groups excluding tert-OH is 1. The van der Waals surface area contributed by atoms with Gasteiger partial charge in [-0.15, -0.1) is 0 Å². The predicted octanol–water partition coefficient (Wildman–Crippen LogP) is 2.37. The van der Waals surface area contributed by atoms with E-state index in [-0.39, 0.29) is 0 Å². The number of ether oxygens (including phenoxy) is 1. The summed E-state index contributed by atoms with van der Waals surface area (Å²) in [5, 5.41) is 9.14. The van der Waals surface area contributed by atoms with E-state index in [0.29, 0.717) is 6.61 Å². The molecule has 0 radical (unpaired) electrons. The minimum absolute atomic E-state index is 0.352. The highest BCUT2D eigenvalue weighted by Gasteiger charge is 2.07. The summed E-state index contributed by atoms with van der Waals surface area (Å²) < 4.78 is 5.56. The van der Waals surface area contributed by atoms with Crippen LogP contribution < -0.4 is 4.74 Å². The number of hydrogen-bond acceptors (Lipinski definition) is 2. The van der Waals surface area contributed by atoms with Crippen molar-refractivity contribution in [2.45, 2.75) is 33.8 Å². The molecule has 0 aromatic heterocycles. The fourth-order valence-electron chi connectivity index (χ4n) is 1.35. The van der Waals surface area contributed by atoms with Crippen LogP contribution in [0.25, 0.3) is 0 Å². The zero-order chi connectivity index (χ0) is 10.7. The lowest BCUT2D eigenvalue weighted by Crippen LogP contribution is -2.14. The number of hydrogen-bond donors (Lipinski definition) is 1. The Kier molecular flexibility index (Phi) is 3.53. The molecule has 0 aliphatic carbocycles. The molecule has 0 heterocycles. The number of benzene rings is 1. The molecule has 1 unspecified atom stereocenters. The minimum atomic E-state index is -0.422. The second-order valence-corrected chi connectivity index (χ2v) is 3.81. The Morgan fingerprint density at radius 3 is 2.36 bits per heavy atom. The predicted molar refractivity (Wildman–Crippen MR) is 57.8 cm³/mol. The molecule has 0 amide bonds. The van der Waals surface area contributed by atoms with Gasteiger partial charge < -0.3 is 9.84 Å². The molecule has 2 heteroatoms. The van der Waals surface area contributed by atoms with Crippen LogP contribution in [0.4, 0.5) is 0 Å². The van der Waals surface area contributed by atoms with Gasteiger partial charge in [0.15, 0.2) is 0 Å². The molecule has 1 atom stereocenters. The van der Waals surface area contributed by atoms with Gasteiger partial charge in [-0.3, -0.25) is 0 Å². The zero-order valence-electron chi connectivity index (χ0n) is 9.29. The van der Waals surface area contributed by atoms with Crippen molar-refractivity contribution in [3.05, 3.63) is 28.8 Å². The highest BCUT2D eigenvalue weighted by atomic mass is 16.5. The highest BCUT2D eigenvalue weighted by Crippen LogP contribution is 2.25. The van der Waals surface area contributed by atoms with Gasteiger partial charge in [-0.1, -0.05) is 12.1 Å². The molecule has 1 N–H and O–H groups in total. The Labute approximate surface area is 85.5 Å². The normalized spacial score (nSPS) is 12.6. The summed E-state index contributed by atoms with van der Waals surface area (Å²) in [6, 6.07) is 4.12. The molecule has 0 fully saturated rings. The van der Waals surface area contributed by atoms with E-state index in [2.05, 4.69) is 13.0 Å². The standard InChI is InChI=1S/C12H18O2/c1-8-5-6-9(2)12(11(8)4)14-7-10(3)13/h5-6,10,13H,7H2,1-4H3. The minimum Gasteiger partial charge on any atom is -0.490 e. The van der Waals surface area contributed by atoms with Crippen LogP contribution in [0.5, 0.6) is 5.75 Å². The van der Waals surface area contributed by atoms with Gasteiger partial charge in [0.2, 0.25) is 0 Å². The summed E-state index contributed by atoms with van der Waals surface area (Å²) in [7, 11) is 0. The van der Waals surface area contributed by atoms with E-state index in [1.54, 1.807) is 6.92 Å². The maximum atomic E-state index is 9.14. The van der Waals surface area contributed by atoms with Crippen molar-refractivity contribution in [1.29, 1.82) is 0 Å². The van der Waals surface area contributed by atoms with Gasteiger partial charge in [-0.05, 0) is 44.4 Å². The van der Waals surface area contributed by atoms with Crippen LogP contribution in [-0.2, 0) is 0 Å². The van der Waals surface area contributed by atoms with Crippen molar-refractivity contribution in [1.82, 2.24) is 0 Å². The Hall–Kier alpha value is -1.02. The van der Waals surface area contributed by atoms with Crippen molar-refractivity contribution in [3.63, 3.8) is 0 Å². The van der Waals surface area contributed by atoms with Gasteiger partial charge in [0.05, 0.1) is 6.10 Å². The third-order valence-electron chi connectivity index (χ3n) is 2.34. The van der Waals surface area contributed by atoms with Gasteiger partial charge in [-0.2, -0.15) is 0 Å². The summed E-state index contributed by atoms with van der Waals surface area (Å²) in [4.78, 5) is 0. The molecule has 0 saturated heterocycles. The smallest absolute Gasteiger partial charge is 0.125 e. The van der Waals surface area contributed by atoms with E-state index in [4.69, 9.17) is 9.84 Å². The molecule has 14 heavy (non-hydrogen) atoms. The van der Waals surface area contributed by atoms with Crippen molar-refractivity contribution < 1.29 is 9.84 Å². The monoisotopic (exact) mass is 194 g/mol. The fourth-order valence-corrected chi connectivity index (χ4v) is 1.35. The van der Waals surface area contributed by atoms with Crippen LogP contribution in [0.2, 0.25) is 0 Å². The van der Waals surface area contributed by atoms with E-state index in [0.717, 1.165) is 16.9 Å². The molecule has 1 aromatic rings. The van der Waals surface area contributed by atoms with Gasteiger partial charge >= 0.3 is 0 Å². The lowest BCUT2D eigenvalue weighted by Gasteiger charge is -2.14. The van der Waals surface area contributed by atoms with Gasteiger partial charge in [0.1, 0.15) is 12.4 Å². The molecule has 0 bridgehead atoms. The van der Waals surface area contributed by atoms with E-state index in [1.165, 1.54) is 5.56 Å². The average molecular weight is 194 g/mol. The summed E-state index contributed by atoms with van der Waals surface area (Å²) in [5.41, 5.74) is 3.50. The highest BCUT2D eigenvalue weighted by molar-refractivity contribution is 5.44. The topological polar surface area (TPSA) is 29.5 Å². The van der Waals surface area contributed by atoms with E-state index in [9.17, 15) is 0 Å². The SMILES string of the molecule is Cc1ccc(C)c(OCC(C)O)c1C. The van der Waals surface area contributed by atoms with Crippen LogP contribution in [0, 0.1) is 20.8 Å². The zero-order valence-corrected chi connectivity index (χ0v) is 9.29. The third kappa shape index (κ3) is 2.48. The van der Waals surface area contributed by atoms with Gasteiger partial charge in [0.25, 0.3) is 0 Å². The number of aryl methyl sites for hydroxylation is 2. The molecule has 0 saturated carbocycles. The molecular formula is C12H18O2. The van der Waals surface area contributed by atoms with Gasteiger partial charge in [0, 0.05) is 0 Å². The van der Waals surface area contributed by atoms with Crippen LogP contribution >= 0.6 is 0 Å². The Morgan fingerprint density at radius 2 is 1.79 bits per heavy atom. The van der Waals surface area contributed by atoms with Crippen LogP contribution in [-0.4, -0.2) is 17.8 Å². The lowest BCUT2D eigenvalue weighted by molar-refractivity contribution is 0.122. The summed E-state index contributed by atoms with van der Waals surface area (Å²) in [5.74, 6) is 0.908. The first kappa shape index (κ1) is 11.1. The maximum absolute atomic E-state index is 9.14. The molecule has 0 aliphatic heterocycles. The van der Waals surface area contributed by atoms with E-state index in [1.807, 2.05) is 19.9 Å². The molecule has 1 aromatic carbocycles. The van der Waals surface area contributed by atoms with E-state index >= 15 is 0 Å². The van der Waals surface area contributed by atoms with Crippen molar-refractivity contribution in [2.24, 2.45) is 0 Å². The molecular weight excluding hydrogens is 176 g/mol. The lowest BCUT2D eigenvalue weighted by atomic mass is 10.1. The summed E-state index contributed by atoms with van der Waals surface area (Å²) >= 11 is 0. The fraction of sp³-hybridized carbons (Fsp3) is 0.500. The van der Waals surface area contributed by atoms with Gasteiger partial charge in [-0.25, -0.2) is 0 Å². The van der Waals surface area contributed by atoms with Crippen molar-refractivity contribution >= 4 is 0 Å². The van der Waals surface area contributed by atoms with Crippen LogP contribution in [0.3, 0.4) is 0 Å². The first-order chi connectivity index (χ1) is 6.52. The Bertz CT molecular complexity index is 316. The molecule has 1 rings (SSSR count). The maximum Gasteiger partial charge on any atom is 0.125 e. The quantitative estimate of drug-likeness (QED) is 0.800. The van der Waals surface area contributed by atoms with E-state index < -0.39 is 6.10 Å². The summed E-state index contributed by atoms with van der Waals surface area (Å²) in [6.07, 6.45) is -0.422. The van der Waals surface area contributed by atoms with Crippen molar-refractivity contribution in [2.75, 3.05) is 6.61 Å². The Balaban J connectivity index is 2.89. The van der Waals surface area contributed by atoms with Crippen LogP contribution in [0.15, 0.2) is 12.1 Å². The second-order valence-electron chi connectivity index (χ2n) is 3.81. The first-order valence-electron chi connectivity index (χ1n) is 4.90. The molecule has 2 nitrogen and oxygen atoms in total. The molecule has 0 spiro atoms. The average Bonchev–Trinajstić information content (AvgIpc) is 2.11.